The maximum absolute atomic E-state index is 12.9. The van der Waals surface area contributed by atoms with E-state index in [2.05, 4.69) is 28.1 Å². The minimum absolute atomic E-state index is 0.0643. The van der Waals surface area contributed by atoms with E-state index in [-0.39, 0.29) is 5.91 Å². The Morgan fingerprint density at radius 2 is 1.97 bits per heavy atom. The van der Waals surface area contributed by atoms with Crippen molar-refractivity contribution in [1.29, 1.82) is 0 Å². The Kier molecular flexibility index (Phi) is 4.64. The Balaban J connectivity index is 1.21. The van der Waals surface area contributed by atoms with Crippen LogP contribution in [0.15, 0.2) is 42.5 Å². The Hall–Kier alpha value is -2.99. The number of nitrogens with one attached hydrogen (secondary N) is 1. The summed E-state index contributed by atoms with van der Waals surface area (Å²) < 4.78 is 10.9. The van der Waals surface area contributed by atoms with Gasteiger partial charge in [0, 0.05) is 56.1 Å². The lowest BCUT2D eigenvalue weighted by Gasteiger charge is -2.34. The maximum Gasteiger partial charge on any atom is 0.270 e. The van der Waals surface area contributed by atoms with Crippen LogP contribution in [0.1, 0.15) is 21.6 Å². The molecule has 1 fully saturated rings. The molecule has 0 radical (unpaired) electrons. The van der Waals surface area contributed by atoms with Crippen molar-refractivity contribution in [2.45, 2.75) is 13.0 Å². The molecular formula is C23H25N3O3. The van der Waals surface area contributed by atoms with Crippen LogP contribution >= 0.6 is 0 Å². The second-order valence-corrected chi connectivity index (χ2v) is 7.75. The molecular weight excluding hydrogens is 366 g/mol. The van der Waals surface area contributed by atoms with Crippen LogP contribution in [0.2, 0.25) is 0 Å². The standard InChI is InChI=1S/C23H25N3O3/c1-28-19-4-3-17-13-21(24-20(17)14-19)23(27)26-9-7-25(8-10-26)15-16-2-5-22-18(12-16)6-11-29-22/h2-5,12-14,24H,6-11,15H2,1H3. The van der Waals surface area contributed by atoms with Crippen molar-refractivity contribution in [1.82, 2.24) is 14.8 Å². The number of ether oxygens (including phenoxy) is 2. The molecule has 3 aromatic rings. The summed E-state index contributed by atoms with van der Waals surface area (Å²) in [7, 11) is 1.65. The summed E-state index contributed by atoms with van der Waals surface area (Å²) in [5.74, 6) is 1.87. The van der Waals surface area contributed by atoms with Crippen LogP contribution in [0.25, 0.3) is 10.9 Å². The molecule has 1 amide bonds. The molecule has 2 aliphatic heterocycles. The third-order valence-corrected chi connectivity index (χ3v) is 5.88. The first-order valence-electron chi connectivity index (χ1n) is 10.1. The highest BCUT2D eigenvalue weighted by Gasteiger charge is 2.24. The van der Waals surface area contributed by atoms with Crippen LogP contribution in [-0.4, -0.2) is 60.6 Å². The van der Waals surface area contributed by atoms with Crippen LogP contribution in [0.5, 0.6) is 11.5 Å². The van der Waals surface area contributed by atoms with Gasteiger partial charge in [0.1, 0.15) is 17.2 Å². The largest absolute Gasteiger partial charge is 0.497 e. The van der Waals surface area contributed by atoms with Crippen molar-refractivity contribution >= 4 is 16.8 Å². The minimum atomic E-state index is 0.0643. The summed E-state index contributed by atoms with van der Waals surface area (Å²) in [6.07, 6.45) is 1.00. The summed E-state index contributed by atoms with van der Waals surface area (Å²) >= 11 is 0. The number of hydrogen-bond acceptors (Lipinski definition) is 4. The predicted molar refractivity (Wildman–Crippen MR) is 112 cm³/mol. The van der Waals surface area contributed by atoms with Gasteiger partial charge in [-0.2, -0.15) is 0 Å². The summed E-state index contributed by atoms with van der Waals surface area (Å²) in [6.45, 7) is 4.96. The number of fused-ring (bicyclic) bond motifs is 2. The van der Waals surface area contributed by atoms with E-state index in [0.717, 1.165) is 68.2 Å². The summed E-state index contributed by atoms with van der Waals surface area (Å²) in [5.41, 5.74) is 4.19. The summed E-state index contributed by atoms with van der Waals surface area (Å²) in [6, 6.07) is 14.2. The first-order valence-corrected chi connectivity index (χ1v) is 10.1. The Morgan fingerprint density at radius 3 is 2.79 bits per heavy atom. The zero-order chi connectivity index (χ0) is 19.8. The molecule has 0 aliphatic carbocycles. The van der Waals surface area contributed by atoms with Crippen LogP contribution < -0.4 is 9.47 Å². The fourth-order valence-electron chi connectivity index (χ4n) is 4.22. The number of carbonyl (C=O) groups is 1. The number of hydrogen-bond donors (Lipinski definition) is 1. The number of benzene rings is 2. The van der Waals surface area contributed by atoms with Gasteiger partial charge in [-0.3, -0.25) is 9.69 Å². The highest BCUT2D eigenvalue weighted by atomic mass is 16.5. The topological polar surface area (TPSA) is 57.8 Å². The zero-order valence-corrected chi connectivity index (χ0v) is 16.6. The molecule has 5 rings (SSSR count). The molecule has 29 heavy (non-hydrogen) atoms. The number of nitrogens with zero attached hydrogens (tertiary/aromatic N) is 2. The molecule has 6 heteroatoms. The molecule has 0 unspecified atom stereocenters. The molecule has 0 spiro atoms. The van der Waals surface area contributed by atoms with Crippen molar-refractivity contribution in [2.24, 2.45) is 0 Å². The van der Waals surface area contributed by atoms with Gasteiger partial charge >= 0.3 is 0 Å². The number of aromatic amines is 1. The Labute approximate surface area is 170 Å². The van der Waals surface area contributed by atoms with Gasteiger partial charge in [0.15, 0.2) is 0 Å². The lowest BCUT2D eigenvalue weighted by atomic mass is 10.1. The third-order valence-electron chi connectivity index (χ3n) is 5.88. The van der Waals surface area contributed by atoms with E-state index in [9.17, 15) is 4.79 Å². The van der Waals surface area contributed by atoms with Crippen LogP contribution in [0, 0.1) is 0 Å². The molecule has 2 aromatic carbocycles. The summed E-state index contributed by atoms with van der Waals surface area (Å²) in [5, 5.41) is 1.02. The SMILES string of the molecule is COc1ccc2cc(C(=O)N3CCN(Cc4ccc5c(c4)CCO5)CC3)[nH]c2c1. The Morgan fingerprint density at radius 1 is 1.10 bits per heavy atom. The average molecular weight is 391 g/mol. The zero-order valence-electron chi connectivity index (χ0n) is 16.6. The molecule has 0 saturated carbocycles. The van der Waals surface area contributed by atoms with Crippen molar-refractivity contribution in [3.63, 3.8) is 0 Å². The van der Waals surface area contributed by atoms with Crippen LogP contribution in [0.4, 0.5) is 0 Å². The molecule has 2 aliphatic rings. The van der Waals surface area contributed by atoms with E-state index in [1.165, 1.54) is 11.1 Å². The molecule has 1 N–H and O–H groups in total. The number of rotatable bonds is 4. The van der Waals surface area contributed by atoms with E-state index < -0.39 is 0 Å². The first kappa shape index (κ1) is 18.1. The molecule has 150 valence electrons. The van der Waals surface area contributed by atoms with Crippen molar-refractivity contribution in [2.75, 3.05) is 39.9 Å². The quantitative estimate of drug-likeness (QED) is 0.743. The van der Waals surface area contributed by atoms with Gasteiger partial charge in [-0.15, -0.1) is 0 Å². The molecule has 3 heterocycles. The van der Waals surface area contributed by atoms with Gasteiger partial charge in [0.2, 0.25) is 0 Å². The molecule has 1 aromatic heterocycles. The van der Waals surface area contributed by atoms with E-state index >= 15 is 0 Å². The lowest BCUT2D eigenvalue weighted by Crippen LogP contribution is -2.48. The maximum atomic E-state index is 12.9. The van der Waals surface area contributed by atoms with Gasteiger partial charge < -0.3 is 19.4 Å². The minimum Gasteiger partial charge on any atom is -0.497 e. The van der Waals surface area contributed by atoms with Crippen molar-refractivity contribution < 1.29 is 14.3 Å². The highest BCUT2D eigenvalue weighted by molar-refractivity contribution is 5.98. The molecule has 6 nitrogen and oxygen atoms in total. The van der Waals surface area contributed by atoms with Gasteiger partial charge in [-0.25, -0.2) is 0 Å². The van der Waals surface area contributed by atoms with Crippen LogP contribution in [-0.2, 0) is 13.0 Å². The molecule has 0 bridgehead atoms. The fourth-order valence-corrected chi connectivity index (χ4v) is 4.22. The molecule has 0 atom stereocenters. The highest BCUT2D eigenvalue weighted by Crippen LogP contribution is 2.27. The number of amides is 1. The van der Waals surface area contributed by atoms with Crippen molar-refractivity contribution in [3.05, 3.63) is 59.3 Å². The fraction of sp³-hybridized carbons (Fsp3) is 0.348. The predicted octanol–water partition coefficient (Wildman–Crippen LogP) is 3.07. The van der Waals surface area contributed by atoms with Gasteiger partial charge in [0.25, 0.3) is 5.91 Å². The average Bonchev–Trinajstić information content (AvgIpc) is 3.39. The first-order chi connectivity index (χ1) is 14.2. The lowest BCUT2D eigenvalue weighted by molar-refractivity contribution is 0.0623. The van der Waals surface area contributed by atoms with E-state index in [0.29, 0.717) is 5.69 Å². The van der Waals surface area contributed by atoms with Crippen LogP contribution in [0.3, 0.4) is 0 Å². The Bertz CT molecular complexity index is 1050. The smallest absolute Gasteiger partial charge is 0.270 e. The summed E-state index contributed by atoms with van der Waals surface area (Å²) in [4.78, 5) is 20.5. The molecule has 1 saturated heterocycles. The number of aromatic nitrogens is 1. The second kappa shape index (κ2) is 7.44. The van der Waals surface area contributed by atoms with E-state index in [1.807, 2.05) is 29.2 Å². The number of carbonyl (C=O) groups excluding carboxylic acids is 1. The van der Waals surface area contributed by atoms with E-state index in [1.54, 1.807) is 7.11 Å². The van der Waals surface area contributed by atoms with Gasteiger partial charge in [-0.05, 0) is 35.4 Å². The van der Waals surface area contributed by atoms with Gasteiger partial charge in [0.05, 0.1) is 13.7 Å². The third kappa shape index (κ3) is 3.56. The van der Waals surface area contributed by atoms with Gasteiger partial charge in [-0.1, -0.05) is 12.1 Å². The second-order valence-electron chi connectivity index (χ2n) is 7.75. The normalized spacial score (nSPS) is 16.7. The monoisotopic (exact) mass is 391 g/mol. The number of methoxy groups -OCH3 is 1. The van der Waals surface area contributed by atoms with E-state index in [4.69, 9.17) is 9.47 Å². The number of H-pyrrole nitrogens is 1. The number of piperazine rings is 1. The van der Waals surface area contributed by atoms with Crippen molar-refractivity contribution in [3.8, 4) is 11.5 Å².